The smallest absolute Gasteiger partial charge is 0.236 e. The Bertz CT molecular complexity index is 523. The van der Waals surface area contributed by atoms with Crippen molar-refractivity contribution >= 4 is 5.91 Å². The number of rotatable bonds is 5. The molecule has 1 unspecified atom stereocenters. The summed E-state index contributed by atoms with van der Waals surface area (Å²) in [6.45, 7) is 2.38. The molecule has 0 spiro atoms. The lowest BCUT2D eigenvalue weighted by atomic mass is 9.94. The number of carbonyl (C=O) groups is 1. The fourth-order valence-corrected chi connectivity index (χ4v) is 3.18. The van der Waals surface area contributed by atoms with Crippen molar-refractivity contribution < 1.29 is 14.3 Å². The second kappa shape index (κ2) is 7.86. The van der Waals surface area contributed by atoms with Crippen molar-refractivity contribution in [3.63, 3.8) is 0 Å². The summed E-state index contributed by atoms with van der Waals surface area (Å²) in [7, 11) is 1.94. The molecule has 1 saturated heterocycles. The van der Waals surface area contributed by atoms with E-state index in [1.807, 2.05) is 11.9 Å². The van der Waals surface area contributed by atoms with Crippen LogP contribution in [0.15, 0.2) is 24.3 Å². The predicted molar refractivity (Wildman–Crippen MR) is 87.2 cm³/mol. The zero-order chi connectivity index (χ0) is 16.9. The molecular formula is C17H26FN3O2. The lowest BCUT2D eigenvalue weighted by molar-refractivity contribution is -0.129. The molecule has 0 aliphatic carbocycles. The number of benzene rings is 1. The molecule has 1 aromatic carbocycles. The van der Waals surface area contributed by atoms with Gasteiger partial charge in [0.2, 0.25) is 5.91 Å². The number of likely N-dealkylation sites (tertiary alicyclic amines) is 1. The quantitative estimate of drug-likeness (QED) is 0.847. The number of nitrogens with zero attached hydrogens (tertiary/aromatic N) is 2. The number of nitrogens with two attached hydrogens (primary N) is 1. The highest BCUT2D eigenvalue weighted by Gasteiger charge is 2.32. The number of amides is 1. The second-order valence-corrected chi connectivity index (χ2v) is 6.46. The number of halogens is 1. The van der Waals surface area contributed by atoms with Crippen LogP contribution >= 0.6 is 0 Å². The van der Waals surface area contributed by atoms with Crippen LogP contribution in [0.1, 0.15) is 24.8 Å². The molecule has 1 amide bonds. The Balaban J connectivity index is 1.90. The van der Waals surface area contributed by atoms with Crippen molar-refractivity contribution in [2.24, 2.45) is 5.73 Å². The first-order valence-corrected chi connectivity index (χ1v) is 8.05. The summed E-state index contributed by atoms with van der Waals surface area (Å²) in [5, 5.41) is 10.8. The molecule has 1 heterocycles. The van der Waals surface area contributed by atoms with Gasteiger partial charge in [-0.1, -0.05) is 12.1 Å². The van der Waals surface area contributed by atoms with Crippen molar-refractivity contribution in [2.75, 3.05) is 33.2 Å². The molecule has 1 atom stereocenters. The lowest BCUT2D eigenvalue weighted by Gasteiger charge is -2.31. The molecule has 5 nitrogen and oxygen atoms in total. The summed E-state index contributed by atoms with van der Waals surface area (Å²) < 4.78 is 12.9. The Hall–Kier alpha value is -1.50. The number of hydrogen-bond donors (Lipinski definition) is 2. The molecule has 0 bridgehead atoms. The first-order valence-electron chi connectivity index (χ1n) is 8.05. The monoisotopic (exact) mass is 323 g/mol. The van der Waals surface area contributed by atoms with Crippen LogP contribution in [0.2, 0.25) is 0 Å². The Morgan fingerprint density at radius 3 is 2.70 bits per heavy atom. The second-order valence-electron chi connectivity index (χ2n) is 6.46. The van der Waals surface area contributed by atoms with Crippen LogP contribution in [0.25, 0.3) is 0 Å². The average Bonchev–Trinajstić information content (AvgIpc) is 2.70. The molecule has 1 fully saturated rings. The van der Waals surface area contributed by atoms with Gasteiger partial charge >= 0.3 is 0 Å². The van der Waals surface area contributed by atoms with E-state index in [0.717, 1.165) is 12.0 Å². The van der Waals surface area contributed by atoms with E-state index in [1.165, 1.54) is 12.1 Å². The van der Waals surface area contributed by atoms with Gasteiger partial charge < -0.3 is 15.7 Å². The SMILES string of the molecule is CN(Cc1ccc(F)cc1)CC1(O)CCCN(C(=O)CN)CC1. The van der Waals surface area contributed by atoms with Crippen LogP contribution in [0.5, 0.6) is 0 Å². The van der Waals surface area contributed by atoms with E-state index < -0.39 is 5.60 Å². The number of hydrogen-bond acceptors (Lipinski definition) is 4. The molecule has 23 heavy (non-hydrogen) atoms. The Kier molecular flexibility index (Phi) is 6.10. The minimum atomic E-state index is -0.807. The maximum atomic E-state index is 12.9. The molecular weight excluding hydrogens is 297 g/mol. The van der Waals surface area contributed by atoms with Crippen LogP contribution in [0.3, 0.4) is 0 Å². The number of aliphatic hydroxyl groups is 1. The van der Waals surface area contributed by atoms with Gasteiger partial charge in [0.25, 0.3) is 0 Å². The molecule has 1 aromatic rings. The first-order chi connectivity index (χ1) is 10.9. The highest BCUT2D eigenvalue weighted by molar-refractivity contribution is 5.78. The zero-order valence-electron chi connectivity index (χ0n) is 13.7. The molecule has 1 aliphatic rings. The molecule has 128 valence electrons. The molecule has 6 heteroatoms. The van der Waals surface area contributed by atoms with Crippen LogP contribution in [0.4, 0.5) is 4.39 Å². The Labute approximate surface area is 136 Å². The Morgan fingerprint density at radius 2 is 2.04 bits per heavy atom. The molecule has 0 saturated carbocycles. The molecule has 1 aliphatic heterocycles. The van der Waals surface area contributed by atoms with E-state index in [4.69, 9.17) is 5.73 Å². The van der Waals surface area contributed by atoms with Gasteiger partial charge in [0.05, 0.1) is 12.1 Å². The van der Waals surface area contributed by atoms with E-state index in [9.17, 15) is 14.3 Å². The molecule has 2 rings (SSSR count). The standard InChI is InChI=1S/C17H26FN3O2/c1-20(12-14-3-5-15(18)6-4-14)13-17(23)7-2-9-21(10-8-17)16(22)11-19/h3-6,23H,2,7-13,19H2,1H3. The predicted octanol–water partition coefficient (Wildman–Crippen LogP) is 0.960. The first kappa shape index (κ1) is 17.8. The molecule has 0 aromatic heterocycles. The number of likely N-dealkylation sites (N-methyl/N-ethyl adjacent to an activating group) is 1. The van der Waals surface area contributed by atoms with Crippen molar-refractivity contribution in [3.05, 3.63) is 35.6 Å². The summed E-state index contributed by atoms with van der Waals surface area (Å²) in [6, 6.07) is 6.40. The van der Waals surface area contributed by atoms with Gasteiger partial charge in [0.1, 0.15) is 5.82 Å². The van der Waals surface area contributed by atoms with Crippen molar-refractivity contribution in [2.45, 2.75) is 31.4 Å². The van der Waals surface area contributed by atoms with E-state index >= 15 is 0 Å². The van der Waals surface area contributed by atoms with Gasteiger partial charge in [0, 0.05) is 26.2 Å². The normalized spacial score (nSPS) is 22.2. The highest BCUT2D eigenvalue weighted by atomic mass is 19.1. The minimum absolute atomic E-state index is 0.0168. The minimum Gasteiger partial charge on any atom is -0.388 e. The summed E-state index contributed by atoms with van der Waals surface area (Å²) in [4.78, 5) is 15.5. The lowest BCUT2D eigenvalue weighted by Crippen LogP contribution is -2.43. The summed E-state index contributed by atoms with van der Waals surface area (Å²) >= 11 is 0. The number of carbonyl (C=O) groups excluding carboxylic acids is 1. The van der Waals surface area contributed by atoms with Crippen molar-refractivity contribution in [1.82, 2.24) is 9.80 Å². The Morgan fingerprint density at radius 1 is 1.35 bits per heavy atom. The third kappa shape index (κ3) is 5.27. The van der Waals surface area contributed by atoms with Gasteiger partial charge in [-0.15, -0.1) is 0 Å². The fraction of sp³-hybridized carbons (Fsp3) is 0.588. The largest absolute Gasteiger partial charge is 0.388 e. The average molecular weight is 323 g/mol. The topological polar surface area (TPSA) is 69.8 Å². The van der Waals surface area contributed by atoms with E-state index in [-0.39, 0.29) is 18.3 Å². The maximum absolute atomic E-state index is 12.9. The van der Waals surface area contributed by atoms with Crippen LogP contribution in [0, 0.1) is 5.82 Å². The van der Waals surface area contributed by atoms with Crippen LogP contribution in [-0.2, 0) is 11.3 Å². The molecule has 0 radical (unpaired) electrons. The van der Waals surface area contributed by atoms with Gasteiger partial charge in [-0.2, -0.15) is 0 Å². The highest BCUT2D eigenvalue weighted by Crippen LogP contribution is 2.24. The van der Waals surface area contributed by atoms with E-state index in [1.54, 1.807) is 17.0 Å². The van der Waals surface area contributed by atoms with Gasteiger partial charge in [-0.3, -0.25) is 9.69 Å². The third-order valence-electron chi connectivity index (χ3n) is 4.37. The molecule has 3 N–H and O–H groups in total. The summed E-state index contributed by atoms with van der Waals surface area (Å²) in [5.41, 5.74) is 5.61. The van der Waals surface area contributed by atoms with Crippen LogP contribution in [-0.4, -0.2) is 59.6 Å². The fourth-order valence-electron chi connectivity index (χ4n) is 3.18. The van der Waals surface area contributed by atoms with E-state index in [0.29, 0.717) is 39.0 Å². The van der Waals surface area contributed by atoms with Crippen molar-refractivity contribution in [3.8, 4) is 0 Å². The van der Waals surface area contributed by atoms with Gasteiger partial charge in [0.15, 0.2) is 0 Å². The van der Waals surface area contributed by atoms with Crippen LogP contribution < -0.4 is 5.73 Å². The third-order valence-corrected chi connectivity index (χ3v) is 4.37. The van der Waals surface area contributed by atoms with Gasteiger partial charge in [-0.25, -0.2) is 4.39 Å². The summed E-state index contributed by atoms with van der Waals surface area (Å²) in [6.07, 6.45) is 1.98. The van der Waals surface area contributed by atoms with E-state index in [2.05, 4.69) is 0 Å². The maximum Gasteiger partial charge on any atom is 0.236 e. The summed E-state index contributed by atoms with van der Waals surface area (Å²) in [5.74, 6) is -0.308. The zero-order valence-corrected chi connectivity index (χ0v) is 13.7. The van der Waals surface area contributed by atoms with Crippen molar-refractivity contribution in [1.29, 1.82) is 0 Å². The van der Waals surface area contributed by atoms with Gasteiger partial charge in [-0.05, 0) is 44.0 Å².